The summed E-state index contributed by atoms with van der Waals surface area (Å²) in [6.07, 6.45) is 0. The zero-order chi connectivity index (χ0) is 15.2. The lowest BCUT2D eigenvalue weighted by molar-refractivity contribution is 0.0940. The van der Waals surface area contributed by atoms with Gasteiger partial charge in [-0.15, -0.1) is 0 Å². The van der Waals surface area contributed by atoms with Gasteiger partial charge in [-0.25, -0.2) is 0 Å². The van der Waals surface area contributed by atoms with Gasteiger partial charge < -0.3 is 15.8 Å². The Morgan fingerprint density at radius 1 is 1.14 bits per heavy atom. The zero-order valence-electron chi connectivity index (χ0n) is 12.3. The van der Waals surface area contributed by atoms with Gasteiger partial charge in [0.1, 0.15) is 5.75 Å². The van der Waals surface area contributed by atoms with Crippen molar-refractivity contribution in [1.29, 1.82) is 0 Å². The fraction of sp³-hybridized carbons (Fsp3) is 0.235. The normalized spacial score (nSPS) is 11.8. The molecule has 3 N–H and O–H groups in total. The van der Waals surface area contributed by atoms with Gasteiger partial charge in [0.25, 0.3) is 5.91 Å². The molecule has 4 nitrogen and oxygen atoms in total. The molecule has 0 aliphatic rings. The van der Waals surface area contributed by atoms with Crippen LogP contribution in [0.3, 0.4) is 0 Å². The minimum atomic E-state index is -0.104. The number of amides is 1. The van der Waals surface area contributed by atoms with E-state index < -0.39 is 0 Å². The highest BCUT2D eigenvalue weighted by molar-refractivity contribution is 5.94. The van der Waals surface area contributed by atoms with Crippen molar-refractivity contribution in [2.24, 2.45) is 5.73 Å². The van der Waals surface area contributed by atoms with E-state index in [1.165, 1.54) is 0 Å². The van der Waals surface area contributed by atoms with Crippen LogP contribution in [-0.4, -0.2) is 13.0 Å². The van der Waals surface area contributed by atoms with E-state index in [9.17, 15) is 4.79 Å². The Kier molecular flexibility index (Phi) is 4.95. The lowest BCUT2D eigenvalue weighted by Gasteiger charge is -2.15. The SMILES string of the molecule is COc1ccc(C(=O)NC(C)c2ccc(CN)cc2)cc1. The Balaban J connectivity index is 2.03. The van der Waals surface area contributed by atoms with Gasteiger partial charge in [0.05, 0.1) is 13.2 Å². The number of carbonyl (C=O) groups is 1. The predicted octanol–water partition coefficient (Wildman–Crippen LogP) is 2.64. The van der Waals surface area contributed by atoms with Gasteiger partial charge in [0.2, 0.25) is 0 Å². The summed E-state index contributed by atoms with van der Waals surface area (Å²) < 4.78 is 5.08. The molecule has 1 atom stereocenters. The second kappa shape index (κ2) is 6.90. The maximum absolute atomic E-state index is 12.2. The van der Waals surface area contributed by atoms with Crippen LogP contribution < -0.4 is 15.8 Å². The Hall–Kier alpha value is -2.33. The van der Waals surface area contributed by atoms with Crippen molar-refractivity contribution in [3.8, 4) is 5.75 Å². The van der Waals surface area contributed by atoms with Crippen LogP contribution in [0.15, 0.2) is 48.5 Å². The molecule has 0 fully saturated rings. The van der Waals surface area contributed by atoms with Gasteiger partial charge in [0.15, 0.2) is 0 Å². The maximum atomic E-state index is 12.2. The second-order valence-electron chi connectivity index (χ2n) is 4.87. The molecular formula is C17H20N2O2. The fourth-order valence-corrected chi connectivity index (χ4v) is 2.05. The average molecular weight is 284 g/mol. The van der Waals surface area contributed by atoms with Gasteiger partial charge in [0, 0.05) is 12.1 Å². The average Bonchev–Trinajstić information content (AvgIpc) is 2.55. The summed E-state index contributed by atoms with van der Waals surface area (Å²) in [5.74, 6) is 0.630. The van der Waals surface area contributed by atoms with E-state index in [1.54, 1.807) is 31.4 Å². The molecule has 0 bridgehead atoms. The monoisotopic (exact) mass is 284 g/mol. The molecule has 0 heterocycles. The summed E-state index contributed by atoms with van der Waals surface area (Å²) in [6, 6.07) is 14.9. The third-order valence-corrected chi connectivity index (χ3v) is 3.42. The van der Waals surface area contributed by atoms with Gasteiger partial charge in [-0.05, 0) is 42.3 Å². The fourth-order valence-electron chi connectivity index (χ4n) is 2.05. The van der Waals surface area contributed by atoms with Crippen molar-refractivity contribution in [1.82, 2.24) is 5.32 Å². The molecule has 2 aromatic carbocycles. The van der Waals surface area contributed by atoms with Crippen molar-refractivity contribution in [3.63, 3.8) is 0 Å². The van der Waals surface area contributed by atoms with Crippen molar-refractivity contribution >= 4 is 5.91 Å². The number of nitrogens with one attached hydrogen (secondary N) is 1. The summed E-state index contributed by atoms with van der Waals surface area (Å²) in [5, 5.41) is 2.98. The molecule has 0 saturated heterocycles. The van der Waals surface area contributed by atoms with Crippen LogP contribution in [0, 0.1) is 0 Å². The number of rotatable bonds is 5. The number of hydrogen-bond acceptors (Lipinski definition) is 3. The predicted molar refractivity (Wildman–Crippen MR) is 83.2 cm³/mol. The molecule has 1 unspecified atom stereocenters. The third kappa shape index (κ3) is 3.83. The van der Waals surface area contributed by atoms with Crippen LogP contribution in [0.2, 0.25) is 0 Å². The van der Waals surface area contributed by atoms with E-state index in [1.807, 2.05) is 31.2 Å². The first kappa shape index (κ1) is 15.1. The quantitative estimate of drug-likeness (QED) is 0.887. The molecule has 4 heteroatoms. The number of benzene rings is 2. The zero-order valence-corrected chi connectivity index (χ0v) is 12.3. The first-order valence-electron chi connectivity index (χ1n) is 6.88. The van der Waals surface area contributed by atoms with Gasteiger partial charge in [-0.3, -0.25) is 4.79 Å². The number of methoxy groups -OCH3 is 1. The molecule has 0 radical (unpaired) electrons. The number of ether oxygens (including phenoxy) is 1. The van der Waals surface area contributed by atoms with E-state index in [2.05, 4.69) is 5.32 Å². The van der Waals surface area contributed by atoms with E-state index in [-0.39, 0.29) is 11.9 Å². The topological polar surface area (TPSA) is 64.3 Å². The lowest BCUT2D eigenvalue weighted by atomic mass is 10.1. The Labute approximate surface area is 124 Å². The largest absolute Gasteiger partial charge is 0.497 e. The molecule has 0 aliphatic heterocycles. The summed E-state index contributed by atoms with van der Waals surface area (Å²) in [4.78, 5) is 12.2. The van der Waals surface area contributed by atoms with E-state index >= 15 is 0 Å². The molecule has 1 amide bonds. The molecule has 21 heavy (non-hydrogen) atoms. The molecule has 2 aromatic rings. The van der Waals surface area contributed by atoms with E-state index in [0.717, 1.165) is 16.9 Å². The summed E-state index contributed by atoms with van der Waals surface area (Å²) in [7, 11) is 1.60. The minimum absolute atomic E-state index is 0.0635. The van der Waals surface area contributed by atoms with Crippen LogP contribution in [0.1, 0.15) is 34.5 Å². The first-order chi connectivity index (χ1) is 10.1. The Bertz CT molecular complexity index is 591. The molecule has 0 saturated carbocycles. The Morgan fingerprint density at radius 3 is 2.29 bits per heavy atom. The van der Waals surface area contributed by atoms with Crippen LogP contribution >= 0.6 is 0 Å². The van der Waals surface area contributed by atoms with Crippen molar-refractivity contribution in [2.45, 2.75) is 19.5 Å². The van der Waals surface area contributed by atoms with Gasteiger partial charge >= 0.3 is 0 Å². The highest BCUT2D eigenvalue weighted by Gasteiger charge is 2.11. The van der Waals surface area contributed by atoms with Crippen molar-refractivity contribution in [2.75, 3.05) is 7.11 Å². The number of hydrogen-bond donors (Lipinski definition) is 2. The van der Waals surface area contributed by atoms with Crippen LogP contribution in [0.5, 0.6) is 5.75 Å². The minimum Gasteiger partial charge on any atom is -0.497 e. The smallest absolute Gasteiger partial charge is 0.251 e. The van der Waals surface area contributed by atoms with Crippen molar-refractivity contribution in [3.05, 3.63) is 65.2 Å². The molecule has 0 spiro atoms. The molecule has 110 valence electrons. The van der Waals surface area contributed by atoms with E-state index in [0.29, 0.717) is 12.1 Å². The Morgan fingerprint density at radius 2 is 1.76 bits per heavy atom. The third-order valence-electron chi connectivity index (χ3n) is 3.42. The molecular weight excluding hydrogens is 264 g/mol. The van der Waals surface area contributed by atoms with Crippen LogP contribution in [-0.2, 0) is 6.54 Å². The highest BCUT2D eigenvalue weighted by Crippen LogP contribution is 2.15. The first-order valence-corrected chi connectivity index (χ1v) is 6.88. The lowest BCUT2D eigenvalue weighted by Crippen LogP contribution is -2.26. The molecule has 0 aliphatic carbocycles. The van der Waals surface area contributed by atoms with Crippen LogP contribution in [0.4, 0.5) is 0 Å². The highest BCUT2D eigenvalue weighted by atomic mass is 16.5. The van der Waals surface area contributed by atoms with Gasteiger partial charge in [-0.2, -0.15) is 0 Å². The second-order valence-corrected chi connectivity index (χ2v) is 4.87. The molecule has 2 rings (SSSR count). The maximum Gasteiger partial charge on any atom is 0.251 e. The van der Waals surface area contributed by atoms with Gasteiger partial charge in [-0.1, -0.05) is 24.3 Å². The summed E-state index contributed by atoms with van der Waals surface area (Å²) in [5.41, 5.74) is 8.32. The van der Waals surface area contributed by atoms with E-state index in [4.69, 9.17) is 10.5 Å². The van der Waals surface area contributed by atoms with Crippen molar-refractivity contribution < 1.29 is 9.53 Å². The number of carbonyl (C=O) groups excluding carboxylic acids is 1. The summed E-state index contributed by atoms with van der Waals surface area (Å²) in [6.45, 7) is 2.48. The number of nitrogens with two attached hydrogens (primary N) is 1. The van der Waals surface area contributed by atoms with Crippen LogP contribution in [0.25, 0.3) is 0 Å². The standard InChI is InChI=1S/C17H20N2O2/c1-12(14-5-3-13(11-18)4-6-14)19-17(20)15-7-9-16(21-2)10-8-15/h3-10,12H,11,18H2,1-2H3,(H,19,20). The molecule has 0 aromatic heterocycles. The summed E-state index contributed by atoms with van der Waals surface area (Å²) >= 11 is 0.